The van der Waals surface area contributed by atoms with Gasteiger partial charge < -0.3 is 10.3 Å². The predicted molar refractivity (Wildman–Crippen MR) is 85.3 cm³/mol. The Morgan fingerprint density at radius 2 is 2.09 bits per heavy atom. The van der Waals surface area contributed by atoms with Crippen LogP contribution in [0.15, 0.2) is 41.3 Å². The van der Waals surface area contributed by atoms with Gasteiger partial charge in [-0.2, -0.15) is 0 Å². The summed E-state index contributed by atoms with van der Waals surface area (Å²) in [5.74, 6) is 0.431. The van der Waals surface area contributed by atoms with Crippen LogP contribution in [0.5, 0.6) is 0 Å². The van der Waals surface area contributed by atoms with E-state index in [0.717, 1.165) is 5.65 Å². The summed E-state index contributed by atoms with van der Waals surface area (Å²) < 4.78 is 1.82. The minimum absolute atomic E-state index is 0.0403. The monoisotopic (exact) mass is 311 g/mol. The highest BCUT2D eigenvalue weighted by atomic mass is 16.1. The molecule has 0 radical (unpaired) electrons. The fraction of sp³-hybridized carbons (Fsp3) is 0.250. The molecule has 118 valence electrons. The number of nitrogens with zero attached hydrogens (tertiary/aromatic N) is 3. The molecule has 3 aromatic heterocycles. The van der Waals surface area contributed by atoms with Gasteiger partial charge in [0.05, 0.1) is 12.1 Å². The van der Waals surface area contributed by atoms with Crippen molar-refractivity contribution in [3.63, 3.8) is 0 Å². The Balaban J connectivity index is 1.81. The highest BCUT2D eigenvalue weighted by molar-refractivity contribution is 5.95. The van der Waals surface area contributed by atoms with Gasteiger partial charge >= 0.3 is 0 Å². The maximum atomic E-state index is 12.4. The molecule has 0 aliphatic heterocycles. The number of H-pyrrole nitrogens is 1. The number of carbonyl (C=O) groups is 1. The number of rotatable bonds is 4. The average Bonchev–Trinajstić information content (AvgIpc) is 2.95. The number of carbonyl (C=O) groups excluding carboxylic acids is 1. The van der Waals surface area contributed by atoms with Gasteiger partial charge in [0.25, 0.3) is 5.91 Å². The van der Waals surface area contributed by atoms with Crippen molar-refractivity contribution in [2.24, 2.45) is 0 Å². The summed E-state index contributed by atoms with van der Waals surface area (Å²) in [4.78, 5) is 26.6. The third kappa shape index (κ3) is 2.98. The first kappa shape index (κ1) is 15.0. The van der Waals surface area contributed by atoms with Crippen molar-refractivity contribution in [2.75, 3.05) is 0 Å². The molecule has 2 N–H and O–H groups in total. The number of aromatic amines is 1. The number of hydrogen-bond acceptors (Lipinski definition) is 4. The van der Waals surface area contributed by atoms with Gasteiger partial charge in [-0.15, -0.1) is 10.2 Å². The molecule has 0 aliphatic carbocycles. The van der Waals surface area contributed by atoms with Gasteiger partial charge in [0.15, 0.2) is 11.5 Å². The minimum atomic E-state index is -0.252. The number of fused-ring (bicyclic) bond motifs is 1. The fourth-order valence-electron chi connectivity index (χ4n) is 2.41. The second kappa shape index (κ2) is 6.04. The van der Waals surface area contributed by atoms with Gasteiger partial charge in [-0.05, 0) is 24.1 Å². The van der Waals surface area contributed by atoms with Gasteiger partial charge in [-0.1, -0.05) is 19.9 Å². The van der Waals surface area contributed by atoms with E-state index >= 15 is 0 Å². The summed E-state index contributed by atoms with van der Waals surface area (Å²) in [7, 11) is 0. The van der Waals surface area contributed by atoms with E-state index in [9.17, 15) is 9.59 Å². The van der Waals surface area contributed by atoms with E-state index in [2.05, 4.69) is 20.5 Å². The molecule has 23 heavy (non-hydrogen) atoms. The second-order valence-corrected chi connectivity index (χ2v) is 5.53. The standard InChI is InChI=1S/C16H17N5O2/c1-10(2)15-11(6-7-14(22)18-15)16(23)17-9-13-20-19-12-5-3-4-8-21(12)13/h3-8,10H,9H2,1-2H3,(H,17,23)(H,18,22). The van der Waals surface area contributed by atoms with E-state index in [0.29, 0.717) is 17.1 Å². The molecule has 0 aliphatic rings. The van der Waals surface area contributed by atoms with Crippen LogP contribution in [-0.4, -0.2) is 25.5 Å². The number of hydrogen-bond donors (Lipinski definition) is 2. The second-order valence-electron chi connectivity index (χ2n) is 5.53. The molecule has 0 aromatic carbocycles. The van der Waals surface area contributed by atoms with Crippen LogP contribution in [0, 0.1) is 0 Å². The van der Waals surface area contributed by atoms with Crippen LogP contribution in [0.1, 0.15) is 41.6 Å². The molecule has 0 unspecified atom stereocenters. The lowest BCUT2D eigenvalue weighted by Gasteiger charge is -2.11. The van der Waals surface area contributed by atoms with E-state index in [4.69, 9.17) is 0 Å². The van der Waals surface area contributed by atoms with Crippen LogP contribution in [-0.2, 0) is 6.54 Å². The molecule has 0 atom stereocenters. The van der Waals surface area contributed by atoms with Crippen LogP contribution < -0.4 is 10.9 Å². The lowest BCUT2D eigenvalue weighted by molar-refractivity contribution is 0.0948. The average molecular weight is 311 g/mol. The summed E-state index contributed by atoms with van der Waals surface area (Å²) in [5, 5.41) is 10.9. The van der Waals surface area contributed by atoms with Crippen LogP contribution in [0.25, 0.3) is 5.65 Å². The Morgan fingerprint density at radius 1 is 1.26 bits per heavy atom. The molecule has 0 fully saturated rings. The summed E-state index contributed by atoms with van der Waals surface area (Å²) in [6, 6.07) is 8.50. The molecule has 3 rings (SSSR count). The minimum Gasteiger partial charge on any atom is -0.345 e. The first-order valence-corrected chi connectivity index (χ1v) is 7.36. The quantitative estimate of drug-likeness (QED) is 0.763. The normalized spacial score (nSPS) is 11.1. The Kier molecular flexibility index (Phi) is 3.92. The first-order chi connectivity index (χ1) is 11.1. The Bertz CT molecular complexity index is 910. The Hall–Kier alpha value is -2.96. The van der Waals surface area contributed by atoms with Crippen molar-refractivity contribution in [2.45, 2.75) is 26.3 Å². The van der Waals surface area contributed by atoms with Crippen LogP contribution in [0.2, 0.25) is 0 Å². The van der Waals surface area contributed by atoms with Crippen molar-refractivity contribution < 1.29 is 4.79 Å². The molecule has 0 saturated carbocycles. The van der Waals surface area contributed by atoms with Crippen LogP contribution in [0.4, 0.5) is 0 Å². The largest absolute Gasteiger partial charge is 0.345 e. The maximum Gasteiger partial charge on any atom is 0.253 e. The van der Waals surface area contributed by atoms with E-state index in [1.165, 1.54) is 6.07 Å². The van der Waals surface area contributed by atoms with E-state index in [1.807, 2.05) is 42.6 Å². The van der Waals surface area contributed by atoms with Gasteiger partial charge in [0, 0.05) is 18.0 Å². The van der Waals surface area contributed by atoms with Gasteiger partial charge in [0.2, 0.25) is 5.56 Å². The molecule has 0 spiro atoms. The number of nitrogens with one attached hydrogen (secondary N) is 2. The van der Waals surface area contributed by atoms with E-state index < -0.39 is 0 Å². The third-order valence-electron chi connectivity index (χ3n) is 3.56. The van der Waals surface area contributed by atoms with Crippen molar-refractivity contribution in [1.29, 1.82) is 0 Å². The molecule has 3 heterocycles. The summed E-state index contributed by atoms with van der Waals surface area (Å²) in [5.41, 5.74) is 1.60. The fourth-order valence-corrected chi connectivity index (χ4v) is 2.41. The summed E-state index contributed by atoms with van der Waals surface area (Å²) >= 11 is 0. The van der Waals surface area contributed by atoms with Gasteiger partial charge in [-0.25, -0.2) is 0 Å². The van der Waals surface area contributed by atoms with Crippen LogP contribution in [0.3, 0.4) is 0 Å². The first-order valence-electron chi connectivity index (χ1n) is 7.36. The number of pyridine rings is 2. The topological polar surface area (TPSA) is 92.1 Å². The van der Waals surface area contributed by atoms with Crippen LogP contribution >= 0.6 is 0 Å². The van der Waals surface area contributed by atoms with Gasteiger partial charge in [-0.3, -0.25) is 14.0 Å². The zero-order valence-corrected chi connectivity index (χ0v) is 12.9. The molecule has 1 amide bonds. The molecule has 7 heteroatoms. The SMILES string of the molecule is CC(C)c1[nH]c(=O)ccc1C(=O)NCc1nnc2ccccn12. The van der Waals surface area contributed by atoms with E-state index in [-0.39, 0.29) is 23.9 Å². The number of aromatic nitrogens is 4. The Labute approximate surface area is 132 Å². The lowest BCUT2D eigenvalue weighted by Crippen LogP contribution is -2.27. The molecule has 0 saturated heterocycles. The van der Waals surface area contributed by atoms with Crippen molar-refractivity contribution in [3.05, 3.63) is 64.0 Å². The van der Waals surface area contributed by atoms with Gasteiger partial charge in [0.1, 0.15) is 0 Å². The maximum absolute atomic E-state index is 12.4. The molecule has 3 aromatic rings. The highest BCUT2D eigenvalue weighted by Gasteiger charge is 2.15. The summed E-state index contributed by atoms with van der Waals surface area (Å²) in [6.07, 6.45) is 1.84. The Morgan fingerprint density at radius 3 is 2.87 bits per heavy atom. The highest BCUT2D eigenvalue weighted by Crippen LogP contribution is 2.15. The summed E-state index contributed by atoms with van der Waals surface area (Å²) in [6.45, 7) is 4.10. The zero-order valence-electron chi connectivity index (χ0n) is 12.9. The number of amides is 1. The van der Waals surface area contributed by atoms with Crippen molar-refractivity contribution in [1.82, 2.24) is 24.9 Å². The van der Waals surface area contributed by atoms with Crippen molar-refractivity contribution >= 4 is 11.6 Å². The molecular weight excluding hydrogens is 294 g/mol. The molecule has 0 bridgehead atoms. The molecular formula is C16H17N5O2. The third-order valence-corrected chi connectivity index (χ3v) is 3.56. The lowest BCUT2D eigenvalue weighted by atomic mass is 10.0. The smallest absolute Gasteiger partial charge is 0.253 e. The van der Waals surface area contributed by atoms with E-state index in [1.54, 1.807) is 6.07 Å². The van der Waals surface area contributed by atoms with Crippen molar-refractivity contribution in [3.8, 4) is 0 Å². The predicted octanol–water partition coefficient (Wildman–Crippen LogP) is 1.47. The molecule has 7 nitrogen and oxygen atoms in total. The zero-order chi connectivity index (χ0) is 16.4.